The van der Waals surface area contributed by atoms with Crippen LogP contribution in [-0.2, 0) is 19.6 Å². The van der Waals surface area contributed by atoms with Gasteiger partial charge in [-0.15, -0.1) is 0 Å². The largest absolute Gasteiger partial charge is 0.489 e. The van der Waals surface area contributed by atoms with Gasteiger partial charge in [0.15, 0.2) is 0 Å². The summed E-state index contributed by atoms with van der Waals surface area (Å²) in [6.07, 6.45) is 1.89. The minimum absolute atomic E-state index is 0.425. The monoisotopic (exact) mass is 489 g/mol. The molecule has 0 aliphatic heterocycles. The number of rotatable bonds is 9. The van der Waals surface area contributed by atoms with Crippen molar-refractivity contribution < 1.29 is 4.74 Å². The molecule has 0 spiro atoms. The van der Waals surface area contributed by atoms with Crippen LogP contribution in [0.3, 0.4) is 0 Å². The van der Waals surface area contributed by atoms with E-state index in [9.17, 15) is 0 Å². The second-order valence-corrected chi connectivity index (χ2v) is 9.10. The van der Waals surface area contributed by atoms with Gasteiger partial charge in [0.25, 0.3) is 0 Å². The van der Waals surface area contributed by atoms with Gasteiger partial charge in [0, 0.05) is 18.5 Å². The number of H-pyrrole nitrogens is 1. The van der Waals surface area contributed by atoms with Crippen LogP contribution in [0.15, 0.2) is 78.9 Å². The van der Waals surface area contributed by atoms with Gasteiger partial charge in [-0.2, -0.15) is 0 Å². The van der Waals surface area contributed by atoms with Gasteiger partial charge in [-0.05, 0) is 59.6 Å². The summed E-state index contributed by atoms with van der Waals surface area (Å²) in [5.74, 6) is 1.90. The quantitative estimate of drug-likeness (QED) is 0.213. The number of para-hydroxylation sites is 2. The summed E-state index contributed by atoms with van der Waals surface area (Å²) >= 11 is 12.2. The third kappa shape index (κ3) is 5.20. The van der Waals surface area contributed by atoms with Crippen molar-refractivity contribution in [2.75, 3.05) is 6.54 Å². The van der Waals surface area contributed by atoms with Crippen molar-refractivity contribution in [2.45, 2.75) is 26.0 Å². The molecule has 4 aromatic carbocycles. The summed E-state index contributed by atoms with van der Waals surface area (Å²) in [4.78, 5) is 8.07. The maximum Gasteiger partial charge on any atom is 0.124 e. The number of nitrogens with one attached hydrogen (secondary N) is 2. The minimum Gasteiger partial charge on any atom is -0.489 e. The third-order valence-corrected chi connectivity index (χ3v) is 6.62. The molecule has 2 N–H and O–H groups in total. The number of halogens is 2. The zero-order valence-electron chi connectivity index (χ0n) is 18.7. The molecule has 0 atom stereocenters. The summed E-state index contributed by atoms with van der Waals surface area (Å²) in [5.41, 5.74) is 4.24. The van der Waals surface area contributed by atoms with Gasteiger partial charge in [0.05, 0.1) is 21.1 Å². The van der Waals surface area contributed by atoms with E-state index in [1.165, 1.54) is 10.8 Å². The molecule has 34 heavy (non-hydrogen) atoms. The van der Waals surface area contributed by atoms with Crippen LogP contribution in [-0.4, -0.2) is 16.5 Å². The van der Waals surface area contributed by atoms with E-state index < -0.39 is 0 Å². The van der Waals surface area contributed by atoms with Crippen molar-refractivity contribution in [1.29, 1.82) is 0 Å². The van der Waals surface area contributed by atoms with Crippen molar-refractivity contribution in [3.63, 3.8) is 0 Å². The molecule has 1 heterocycles. The Labute approximate surface area is 208 Å². The Kier molecular flexibility index (Phi) is 7.00. The average molecular weight is 490 g/mol. The van der Waals surface area contributed by atoms with Gasteiger partial charge >= 0.3 is 0 Å². The number of ether oxygens (including phenoxy) is 1. The number of benzene rings is 4. The molecule has 0 unspecified atom stereocenters. The van der Waals surface area contributed by atoms with Gasteiger partial charge in [-0.3, -0.25) is 0 Å². The number of fused-ring (bicyclic) bond motifs is 2. The Morgan fingerprint density at radius 3 is 2.62 bits per heavy atom. The molecule has 0 aliphatic carbocycles. The van der Waals surface area contributed by atoms with Crippen LogP contribution in [0.25, 0.3) is 21.8 Å². The highest BCUT2D eigenvalue weighted by molar-refractivity contribution is 6.42. The smallest absolute Gasteiger partial charge is 0.124 e. The first-order chi connectivity index (χ1) is 16.7. The van der Waals surface area contributed by atoms with E-state index in [1.807, 2.05) is 36.4 Å². The van der Waals surface area contributed by atoms with Crippen molar-refractivity contribution in [1.82, 2.24) is 15.3 Å². The number of hydrogen-bond acceptors (Lipinski definition) is 3. The van der Waals surface area contributed by atoms with E-state index in [4.69, 9.17) is 27.9 Å². The fourth-order valence-electron chi connectivity index (χ4n) is 4.14. The summed E-state index contributed by atoms with van der Waals surface area (Å²) in [7, 11) is 0. The van der Waals surface area contributed by atoms with Crippen LogP contribution in [0.2, 0.25) is 10.0 Å². The summed E-state index contributed by atoms with van der Waals surface area (Å²) in [6.45, 7) is 2.03. The first kappa shape index (κ1) is 22.7. The van der Waals surface area contributed by atoms with Gasteiger partial charge in [0.1, 0.15) is 18.2 Å². The van der Waals surface area contributed by atoms with Crippen LogP contribution in [0.5, 0.6) is 5.75 Å². The van der Waals surface area contributed by atoms with E-state index >= 15 is 0 Å². The summed E-state index contributed by atoms with van der Waals surface area (Å²) < 4.78 is 6.23. The van der Waals surface area contributed by atoms with Gasteiger partial charge in [-0.1, -0.05) is 71.7 Å². The molecule has 0 saturated carbocycles. The van der Waals surface area contributed by atoms with Gasteiger partial charge in [-0.25, -0.2) is 4.98 Å². The van der Waals surface area contributed by atoms with Crippen LogP contribution in [0.4, 0.5) is 0 Å². The van der Waals surface area contributed by atoms with E-state index in [-0.39, 0.29) is 0 Å². The molecule has 5 rings (SSSR count). The number of hydrogen-bond donors (Lipinski definition) is 2. The molecule has 5 aromatic rings. The molecule has 1 aromatic heterocycles. The summed E-state index contributed by atoms with van der Waals surface area (Å²) in [6, 6.07) is 26.3. The first-order valence-electron chi connectivity index (χ1n) is 11.4. The lowest BCUT2D eigenvalue weighted by molar-refractivity contribution is 0.302. The highest BCUT2D eigenvalue weighted by Gasteiger charge is 2.10. The van der Waals surface area contributed by atoms with E-state index in [0.29, 0.717) is 16.7 Å². The molecular weight excluding hydrogens is 465 g/mol. The molecule has 4 nitrogen and oxygen atoms in total. The lowest BCUT2D eigenvalue weighted by atomic mass is 10.0. The van der Waals surface area contributed by atoms with E-state index in [1.54, 1.807) is 6.07 Å². The number of imidazole rings is 1. The SMILES string of the molecule is Clc1ccc(COc2ccc3ccccc3c2CNCCCc2nc3ccccc3[nH]2)cc1Cl. The van der Waals surface area contributed by atoms with Crippen molar-refractivity contribution >= 4 is 45.0 Å². The first-order valence-corrected chi connectivity index (χ1v) is 12.1. The predicted molar refractivity (Wildman–Crippen MR) is 141 cm³/mol. The molecule has 0 amide bonds. The Morgan fingerprint density at radius 2 is 1.74 bits per heavy atom. The fraction of sp³-hybridized carbons (Fsp3) is 0.179. The van der Waals surface area contributed by atoms with Crippen molar-refractivity contribution in [3.05, 3.63) is 106 Å². The lowest BCUT2D eigenvalue weighted by Crippen LogP contribution is -2.16. The van der Waals surface area contributed by atoms with Crippen LogP contribution in [0, 0.1) is 0 Å². The average Bonchev–Trinajstić information content (AvgIpc) is 3.28. The van der Waals surface area contributed by atoms with Crippen molar-refractivity contribution in [3.8, 4) is 5.75 Å². The second-order valence-electron chi connectivity index (χ2n) is 8.28. The molecule has 0 saturated heterocycles. The fourth-order valence-corrected chi connectivity index (χ4v) is 4.46. The Bertz CT molecular complexity index is 1400. The number of aromatic amines is 1. The molecule has 0 radical (unpaired) electrons. The highest BCUT2D eigenvalue weighted by atomic mass is 35.5. The zero-order valence-corrected chi connectivity index (χ0v) is 20.2. The summed E-state index contributed by atoms with van der Waals surface area (Å²) in [5, 5.41) is 7.06. The van der Waals surface area contributed by atoms with Crippen LogP contribution >= 0.6 is 23.2 Å². The molecule has 0 bridgehead atoms. The standard InChI is InChI=1S/C28H25Cl2N3O/c29-23-13-11-19(16-24(23)30)18-34-27-14-12-20-6-1-2-7-21(20)22(27)17-31-15-5-10-28-32-25-8-3-4-9-26(25)33-28/h1-4,6-9,11-14,16,31H,5,10,15,17-18H2,(H,32,33). The molecule has 6 heteroatoms. The van der Waals surface area contributed by atoms with Crippen LogP contribution < -0.4 is 10.1 Å². The number of aromatic nitrogens is 2. The molecule has 0 fully saturated rings. The molecular formula is C28H25Cl2N3O. The predicted octanol–water partition coefficient (Wildman–Crippen LogP) is 7.32. The van der Waals surface area contributed by atoms with E-state index in [2.05, 4.69) is 51.7 Å². The Balaban J connectivity index is 1.24. The van der Waals surface area contributed by atoms with E-state index in [0.717, 1.165) is 59.7 Å². The maximum absolute atomic E-state index is 6.23. The lowest BCUT2D eigenvalue weighted by Gasteiger charge is -2.15. The third-order valence-electron chi connectivity index (χ3n) is 5.88. The van der Waals surface area contributed by atoms with Crippen LogP contribution in [0.1, 0.15) is 23.4 Å². The Morgan fingerprint density at radius 1 is 0.882 bits per heavy atom. The van der Waals surface area contributed by atoms with Gasteiger partial charge in [0.2, 0.25) is 0 Å². The zero-order chi connectivity index (χ0) is 23.3. The maximum atomic E-state index is 6.23. The van der Waals surface area contributed by atoms with Crippen molar-refractivity contribution in [2.24, 2.45) is 0 Å². The van der Waals surface area contributed by atoms with Gasteiger partial charge < -0.3 is 15.0 Å². The normalized spacial score (nSPS) is 11.4. The second kappa shape index (κ2) is 10.5. The molecule has 0 aliphatic rings. The molecule has 172 valence electrons. The Hall–Kier alpha value is -3.05. The topological polar surface area (TPSA) is 49.9 Å². The number of aryl methyl sites for hydroxylation is 1. The number of nitrogens with zero attached hydrogens (tertiary/aromatic N) is 1. The highest BCUT2D eigenvalue weighted by Crippen LogP contribution is 2.29. The minimum atomic E-state index is 0.425.